The molecule has 1 aromatic carbocycles. The van der Waals surface area contributed by atoms with Gasteiger partial charge in [-0.15, -0.1) is 0 Å². The lowest BCUT2D eigenvalue weighted by Crippen LogP contribution is -2.15. The van der Waals surface area contributed by atoms with E-state index in [2.05, 4.69) is 13.8 Å². The SMILES string of the molecule is CCCCCCCCCCCCCOC(=O)c1ccccc1C(=O)OOCCCCCCCCCC. The molecular formula is C31H52O5. The first-order chi connectivity index (χ1) is 17.7. The number of rotatable bonds is 24. The molecule has 1 aromatic rings. The number of unbranched alkanes of at least 4 members (excludes halogenated alkanes) is 17. The van der Waals surface area contributed by atoms with Gasteiger partial charge in [-0.2, -0.15) is 4.89 Å². The summed E-state index contributed by atoms with van der Waals surface area (Å²) in [4.78, 5) is 35.0. The van der Waals surface area contributed by atoms with Crippen LogP contribution in [0.1, 0.15) is 157 Å². The van der Waals surface area contributed by atoms with E-state index in [1.54, 1.807) is 24.3 Å². The minimum atomic E-state index is -0.656. The summed E-state index contributed by atoms with van der Waals surface area (Å²) in [7, 11) is 0. The molecule has 0 bridgehead atoms. The van der Waals surface area contributed by atoms with Crippen molar-refractivity contribution in [3.8, 4) is 0 Å². The first kappa shape index (κ1) is 32.1. The quantitative estimate of drug-likeness (QED) is 0.0607. The average Bonchev–Trinajstić information content (AvgIpc) is 2.90. The summed E-state index contributed by atoms with van der Waals surface area (Å²) < 4.78 is 5.42. The second kappa shape index (κ2) is 23.5. The summed E-state index contributed by atoms with van der Waals surface area (Å²) >= 11 is 0. The normalized spacial score (nSPS) is 10.9. The third-order valence-corrected chi connectivity index (χ3v) is 6.56. The molecule has 36 heavy (non-hydrogen) atoms. The summed E-state index contributed by atoms with van der Waals surface area (Å²) in [6.45, 7) is 5.21. The summed E-state index contributed by atoms with van der Waals surface area (Å²) in [6.07, 6.45) is 23.2. The van der Waals surface area contributed by atoms with Gasteiger partial charge in [0.2, 0.25) is 0 Å². The van der Waals surface area contributed by atoms with Crippen LogP contribution < -0.4 is 0 Å². The van der Waals surface area contributed by atoms with Gasteiger partial charge in [0, 0.05) is 0 Å². The van der Waals surface area contributed by atoms with Crippen LogP contribution in [0, 0.1) is 0 Å². The summed E-state index contributed by atoms with van der Waals surface area (Å²) in [5, 5.41) is 0. The number of hydrogen-bond acceptors (Lipinski definition) is 5. The van der Waals surface area contributed by atoms with E-state index in [-0.39, 0.29) is 11.1 Å². The van der Waals surface area contributed by atoms with Crippen LogP contribution in [0.3, 0.4) is 0 Å². The predicted molar refractivity (Wildman–Crippen MR) is 147 cm³/mol. The van der Waals surface area contributed by atoms with E-state index in [1.165, 1.54) is 96.3 Å². The van der Waals surface area contributed by atoms with E-state index in [4.69, 9.17) is 14.5 Å². The Balaban J connectivity index is 2.15. The van der Waals surface area contributed by atoms with Gasteiger partial charge >= 0.3 is 11.9 Å². The molecule has 0 N–H and O–H groups in total. The van der Waals surface area contributed by atoms with Crippen LogP contribution in [-0.2, 0) is 14.5 Å². The second-order valence-electron chi connectivity index (χ2n) is 9.88. The third kappa shape index (κ3) is 16.7. The van der Waals surface area contributed by atoms with Crippen LogP contribution in [0.15, 0.2) is 24.3 Å². The standard InChI is InChI=1S/C31H52O5/c1-3-5-7-9-11-13-14-15-16-18-22-26-34-30(32)28-24-20-21-25-29(28)31(33)36-35-27-23-19-17-12-10-8-6-4-2/h20-21,24-25H,3-19,22-23,26-27H2,1-2H3. The molecule has 0 heterocycles. The fourth-order valence-corrected chi connectivity index (χ4v) is 4.28. The number of ether oxygens (including phenoxy) is 1. The van der Waals surface area contributed by atoms with Gasteiger partial charge in [0.05, 0.1) is 24.3 Å². The lowest BCUT2D eigenvalue weighted by Gasteiger charge is -2.09. The molecule has 5 nitrogen and oxygen atoms in total. The van der Waals surface area contributed by atoms with Crippen molar-refractivity contribution in [2.75, 3.05) is 13.2 Å². The Morgan fingerprint density at radius 3 is 1.39 bits per heavy atom. The van der Waals surface area contributed by atoms with Crippen molar-refractivity contribution < 1.29 is 24.1 Å². The summed E-state index contributed by atoms with van der Waals surface area (Å²) in [6, 6.07) is 6.59. The predicted octanol–water partition coefficient (Wildman–Crippen LogP) is 9.38. The first-order valence-corrected chi connectivity index (χ1v) is 14.8. The van der Waals surface area contributed by atoms with Crippen LogP contribution in [0.4, 0.5) is 0 Å². The fourth-order valence-electron chi connectivity index (χ4n) is 4.28. The Kier molecular flexibility index (Phi) is 21.0. The molecule has 0 saturated heterocycles. The molecule has 0 aliphatic heterocycles. The topological polar surface area (TPSA) is 61.8 Å². The van der Waals surface area contributed by atoms with Gasteiger partial charge in [-0.3, -0.25) is 4.89 Å². The Labute approximate surface area is 220 Å². The van der Waals surface area contributed by atoms with Gasteiger partial charge in [0.1, 0.15) is 0 Å². The maximum atomic E-state index is 12.5. The van der Waals surface area contributed by atoms with E-state index in [9.17, 15) is 9.59 Å². The van der Waals surface area contributed by atoms with Gasteiger partial charge in [0.15, 0.2) is 0 Å². The van der Waals surface area contributed by atoms with Gasteiger partial charge < -0.3 is 4.74 Å². The number of benzene rings is 1. The highest BCUT2D eigenvalue weighted by Crippen LogP contribution is 2.15. The molecule has 0 spiro atoms. The maximum Gasteiger partial charge on any atom is 0.373 e. The second-order valence-corrected chi connectivity index (χ2v) is 9.88. The van der Waals surface area contributed by atoms with Gasteiger partial charge in [-0.25, -0.2) is 9.59 Å². The van der Waals surface area contributed by atoms with Crippen molar-refractivity contribution in [3.63, 3.8) is 0 Å². The van der Waals surface area contributed by atoms with E-state index < -0.39 is 11.9 Å². The molecule has 0 fully saturated rings. The van der Waals surface area contributed by atoms with Gasteiger partial charge in [0.25, 0.3) is 0 Å². The molecular weight excluding hydrogens is 452 g/mol. The Morgan fingerprint density at radius 2 is 0.917 bits per heavy atom. The molecule has 0 aliphatic rings. The minimum absolute atomic E-state index is 0.178. The Hall–Kier alpha value is -1.88. The molecule has 0 aromatic heterocycles. The zero-order valence-corrected chi connectivity index (χ0v) is 23.2. The highest BCUT2D eigenvalue weighted by Gasteiger charge is 2.19. The molecule has 0 aliphatic carbocycles. The molecule has 0 unspecified atom stereocenters. The van der Waals surface area contributed by atoms with Crippen LogP contribution >= 0.6 is 0 Å². The molecule has 5 heteroatoms. The summed E-state index contributed by atoms with van der Waals surface area (Å²) in [5.74, 6) is -1.14. The average molecular weight is 505 g/mol. The van der Waals surface area contributed by atoms with Crippen molar-refractivity contribution in [1.29, 1.82) is 0 Å². The monoisotopic (exact) mass is 504 g/mol. The number of carbonyl (C=O) groups is 2. The molecule has 0 radical (unpaired) electrons. The highest BCUT2D eigenvalue weighted by atomic mass is 17.2. The van der Waals surface area contributed by atoms with E-state index in [0.717, 1.165) is 25.7 Å². The smallest absolute Gasteiger partial charge is 0.373 e. The van der Waals surface area contributed by atoms with Crippen molar-refractivity contribution >= 4 is 11.9 Å². The highest BCUT2D eigenvalue weighted by molar-refractivity contribution is 6.02. The number of hydrogen-bond donors (Lipinski definition) is 0. The van der Waals surface area contributed by atoms with E-state index in [1.807, 2.05) is 0 Å². The molecule has 206 valence electrons. The zero-order chi connectivity index (χ0) is 26.1. The van der Waals surface area contributed by atoms with Crippen LogP contribution in [-0.4, -0.2) is 25.2 Å². The lowest BCUT2D eigenvalue weighted by molar-refractivity contribution is -0.241. The van der Waals surface area contributed by atoms with Crippen molar-refractivity contribution in [2.24, 2.45) is 0 Å². The molecule has 1 rings (SSSR count). The van der Waals surface area contributed by atoms with Crippen LogP contribution in [0.5, 0.6) is 0 Å². The molecule has 0 saturated carbocycles. The van der Waals surface area contributed by atoms with Crippen molar-refractivity contribution in [1.82, 2.24) is 0 Å². The van der Waals surface area contributed by atoms with E-state index in [0.29, 0.717) is 13.2 Å². The van der Waals surface area contributed by atoms with Crippen molar-refractivity contribution in [2.45, 2.75) is 136 Å². The fraction of sp³-hybridized carbons (Fsp3) is 0.742. The van der Waals surface area contributed by atoms with Crippen molar-refractivity contribution in [3.05, 3.63) is 35.4 Å². The van der Waals surface area contributed by atoms with Gasteiger partial charge in [-0.1, -0.05) is 135 Å². The first-order valence-electron chi connectivity index (χ1n) is 14.8. The molecule has 0 atom stereocenters. The largest absolute Gasteiger partial charge is 0.462 e. The lowest BCUT2D eigenvalue weighted by atomic mass is 10.1. The minimum Gasteiger partial charge on any atom is -0.462 e. The van der Waals surface area contributed by atoms with Crippen LogP contribution in [0.2, 0.25) is 0 Å². The van der Waals surface area contributed by atoms with Crippen LogP contribution in [0.25, 0.3) is 0 Å². The molecule has 0 amide bonds. The third-order valence-electron chi connectivity index (χ3n) is 6.56. The van der Waals surface area contributed by atoms with E-state index >= 15 is 0 Å². The zero-order valence-electron chi connectivity index (χ0n) is 23.2. The Morgan fingerprint density at radius 1 is 0.528 bits per heavy atom. The maximum absolute atomic E-state index is 12.5. The van der Waals surface area contributed by atoms with Gasteiger partial charge in [-0.05, 0) is 25.0 Å². The number of carbonyl (C=O) groups excluding carboxylic acids is 2. The number of esters is 1. The Bertz CT molecular complexity index is 673. The summed E-state index contributed by atoms with van der Waals surface area (Å²) in [5.41, 5.74) is 0.401.